The third-order valence-corrected chi connectivity index (χ3v) is 2.21. The monoisotopic (exact) mass is 200 g/mol. The van der Waals surface area contributed by atoms with Crippen LogP contribution in [0.4, 0.5) is 0 Å². The van der Waals surface area contributed by atoms with Crippen LogP contribution >= 0.6 is 11.6 Å². The molecule has 0 atom stereocenters. The first-order valence-electron chi connectivity index (χ1n) is 4.11. The molecule has 0 saturated carbocycles. The molecule has 72 valence electrons. The van der Waals surface area contributed by atoms with Crippen molar-refractivity contribution in [2.24, 2.45) is 4.99 Å². The molecule has 4 heteroatoms. The number of ether oxygens (including phenoxy) is 1. The van der Waals surface area contributed by atoms with Crippen molar-refractivity contribution in [1.29, 1.82) is 0 Å². The highest BCUT2D eigenvalue weighted by Crippen LogP contribution is 2.17. The van der Waals surface area contributed by atoms with Crippen molar-refractivity contribution >= 4 is 18.3 Å². The van der Waals surface area contributed by atoms with E-state index in [9.17, 15) is 0 Å². The molecule has 13 heavy (non-hydrogen) atoms. The first-order chi connectivity index (χ1) is 6.29. The molecule has 0 unspecified atom stereocenters. The maximum Gasteiger partial charge on any atom is 0.151 e. The highest BCUT2D eigenvalue weighted by atomic mass is 35.5. The summed E-state index contributed by atoms with van der Waals surface area (Å²) in [6, 6.07) is 0. The smallest absolute Gasteiger partial charge is 0.151 e. The van der Waals surface area contributed by atoms with Crippen LogP contribution in [0.3, 0.4) is 0 Å². The lowest BCUT2D eigenvalue weighted by molar-refractivity contribution is 0.0552. The number of rotatable bonds is 3. The molecule has 0 bridgehead atoms. The predicted octanol–water partition coefficient (Wildman–Crippen LogP) is 1.61. The van der Waals surface area contributed by atoms with Crippen LogP contribution in [0.1, 0.15) is 0 Å². The van der Waals surface area contributed by atoms with Crippen molar-refractivity contribution in [1.82, 2.24) is 4.90 Å². The molecule has 0 radical (unpaired) electrons. The Hall–Kier alpha value is -0.800. The van der Waals surface area contributed by atoms with Gasteiger partial charge in [0.15, 0.2) is 5.16 Å². The Balaban J connectivity index is 2.75. The lowest BCUT2D eigenvalue weighted by Gasteiger charge is -2.29. The summed E-state index contributed by atoms with van der Waals surface area (Å²) in [5, 5.41) is 0.400. The van der Waals surface area contributed by atoms with Gasteiger partial charge in [0.05, 0.1) is 18.9 Å². The number of allylic oxidation sites excluding steroid dienone is 1. The zero-order valence-electron chi connectivity index (χ0n) is 7.50. The standard InChI is InChI=1S/C9H13ClN2O/c1-3-8(9(10)11-2)12-4-6-13-7-5-12/h3H,1-2,4-7H2/b9-8+. The van der Waals surface area contributed by atoms with Crippen molar-refractivity contribution < 1.29 is 4.74 Å². The highest BCUT2D eigenvalue weighted by molar-refractivity contribution is 6.30. The van der Waals surface area contributed by atoms with Gasteiger partial charge in [-0.2, -0.15) is 0 Å². The SMILES string of the molecule is C=C/C(=C(/Cl)N=C)N1CCOCC1. The fraction of sp³-hybridized carbons (Fsp3) is 0.444. The molecule has 1 rings (SSSR count). The minimum atomic E-state index is 0.400. The summed E-state index contributed by atoms with van der Waals surface area (Å²) < 4.78 is 5.22. The van der Waals surface area contributed by atoms with E-state index in [-0.39, 0.29) is 0 Å². The van der Waals surface area contributed by atoms with E-state index in [1.54, 1.807) is 6.08 Å². The fourth-order valence-corrected chi connectivity index (χ4v) is 1.43. The summed E-state index contributed by atoms with van der Waals surface area (Å²) >= 11 is 5.86. The zero-order chi connectivity index (χ0) is 9.68. The number of morpholine rings is 1. The summed E-state index contributed by atoms with van der Waals surface area (Å²) in [5.41, 5.74) is 0.833. The predicted molar refractivity (Wildman–Crippen MR) is 55.0 cm³/mol. The van der Waals surface area contributed by atoms with E-state index in [0.717, 1.165) is 32.0 Å². The third-order valence-electron chi connectivity index (χ3n) is 1.90. The number of aliphatic imine (C=N–C) groups is 1. The molecule has 0 amide bonds. The molecule has 1 aliphatic heterocycles. The normalized spacial score (nSPS) is 19.3. The topological polar surface area (TPSA) is 24.8 Å². The second-order valence-corrected chi connectivity index (χ2v) is 3.00. The average Bonchev–Trinajstić information content (AvgIpc) is 2.20. The van der Waals surface area contributed by atoms with E-state index in [0.29, 0.717) is 5.16 Å². The summed E-state index contributed by atoms with van der Waals surface area (Å²) in [4.78, 5) is 5.77. The maximum absolute atomic E-state index is 5.86. The quantitative estimate of drug-likeness (QED) is 0.393. The van der Waals surface area contributed by atoms with Gasteiger partial charge in [0, 0.05) is 13.1 Å². The molecule has 0 N–H and O–H groups in total. The lowest BCUT2D eigenvalue weighted by Crippen LogP contribution is -2.35. The summed E-state index contributed by atoms with van der Waals surface area (Å²) in [6.07, 6.45) is 1.70. The van der Waals surface area contributed by atoms with Crippen LogP contribution in [0, 0.1) is 0 Å². The molecule has 1 fully saturated rings. The van der Waals surface area contributed by atoms with Crippen molar-refractivity contribution in [2.45, 2.75) is 0 Å². The zero-order valence-corrected chi connectivity index (χ0v) is 8.26. The Kier molecular flexibility index (Phi) is 3.99. The third kappa shape index (κ3) is 2.57. The molecule has 3 nitrogen and oxygen atoms in total. The Labute approximate surface area is 83.3 Å². The summed E-state index contributed by atoms with van der Waals surface area (Å²) in [6.45, 7) is 10.2. The van der Waals surface area contributed by atoms with Gasteiger partial charge < -0.3 is 9.64 Å². The molecular formula is C9H13ClN2O. The van der Waals surface area contributed by atoms with Crippen molar-refractivity contribution in [2.75, 3.05) is 26.3 Å². The number of hydrogen-bond donors (Lipinski definition) is 0. The van der Waals surface area contributed by atoms with Gasteiger partial charge in [-0.25, -0.2) is 0 Å². The molecular weight excluding hydrogens is 188 g/mol. The molecule has 1 saturated heterocycles. The second kappa shape index (κ2) is 5.04. The van der Waals surface area contributed by atoms with Gasteiger partial charge in [0.2, 0.25) is 0 Å². The largest absolute Gasteiger partial charge is 0.378 e. The van der Waals surface area contributed by atoms with Crippen LogP contribution in [0.25, 0.3) is 0 Å². The first-order valence-corrected chi connectivity index (χ1v) is 4.49. The maximum atomic E-state index is 5.86. The molecule has 0 aromatic heterocycles. The van der Waals surface area contributed by atoms with E-state index >= 15 is 0 Å². The van der Waals surface area contributed by atoms with E-state index in [4.69, 9.17) is 16.3 Å². The summed E-state index contributed by atoms with van der Waals surface area (Å²) in [5.74, 6) is 0. The lowest BCUT2D eigenvalue weighted by atomic mass is 10.3. The molecule has 1 heterocycles. The van der Waals surface area contributed by atoms with Crippen LogP contribution in [-0.4, -0.2) is 37.9 Å². The Morgan fingerprint density at radius 3 is 2.54 bits per heavy atom. The van der Waals surface area contributed by atoms with Gasteiger partial charge in [-0.15, -0.1) is 0 Å². The van der Waals surface area contributed by atoms with Crippen LogP contribution in [0.2, 0.25) is 0 Å². The molecule has 0 spiro atoms. The molecule has 0 aliphatic carbocycles. The van der Waals surface area contributed by atoms with E-state index < -0.39 is 0 Å². The van der Waals surface area contributed by atoms with Crippen molar-refractivity contribution in [3.63, 3.8) is 0 Å². The van der Waals surface area contributed by atoms with Crippen molar-refractivity contribution in [3.8, 4) is 0 Å². The average molecular weight is 201 g/mol. The van der Waals surface area contributed by atoms with E-state index in [2.05, 4.69) is 23.2 Å². The van der Waals surface area contributed by atoms with Gasteiger partial charge in [0.25, 0.3) is 0 Å². The van der Waals surface area contributed by atoms with Gasteiger partial charge in [-0.05, 0) is 12.8 Å². The van der Waals surface area contributed by atoms with Gasteiger partial charge in [-0.1, -0.05) is 18.2 Å². The van der Waals surface area contributed by atoms with E-state index in [1.807, 2.05) is 0 Å². The summed E-state index contributed by atoms with van der Waals surface area (Å²) in [7, 11) is 0. The van der Waals surface area contributed by atoms with Crippen LogP contribution in [0.5, 0.6) is 0 Å². The Bertz CT molecular complexity index is 232. The van der Waals surface area contributed by atoms with Crippen molar-refractivity contribution in [3.05, 3.63) is 23.5 Å². The van der Waals surface area contributed by atoms with E-state index in [1.165, 1.54) is 0 Å². The molecule has 0 aromatic carbocycles. The van der Waals surface area contributed by atoms with Gasteiger partial charge in [-0.3, -0.25) is 4.99 Å². The van der Waals surface area contributed by atoms with Gasteiger partial charge in [0.1, 0.15) is 0 Å². The fourth-order valence-electron chi connectivity index (χ4n) is 1.23. The second-order valence-electron chi connectivity index (χ2n) is 2.64. The molecule has 1 aliphatic rings. The van der Waals surface area contributed by atoms with Crippen LogP contribution < -0.4 is 0 Å². The minimum Gasteiger partial charge on any atom is -0.378 e. The minimum absolute atomic E-state index is 0.400. The van der Waals surface area contributed by atoms with Crippen LogP contribution in [0.15, 0.2) is 28.5 Å². The molecule has 0 aromatic rings. The first kappa shape index (κ1) is 10.3. The number of hydrogen-bond acceptors (Lipinski definition) is 3. The Morgan fingerprint density at radius 1 is 1.46 bits per heavy atom. The van der Waals surface area contributed by atoms with Crippen LogP contribution in [-0.2, 0) is 4.74 Å². The highest BCUT2D eigenvalue weighted by Gasteiger charge is 2.13. The van der Waals surface area contributed by atoms with Gasteiger partial charge >= 0.3 is 0 Å². The number of nitrogens with zero attached hydrogens (tertiary/aromatic N) is 2. The Morgan fingerprint density at radius 2 is 2.08 bits per heavy atom. The number of halogens is 1.